The smallest absolute Gasteiger partial charge is 0.261 e. The van der Waals surface area contributed by atoms with Crippen molar-refractivity contribution in [1.29, 1.82) is 0 Å². The number of nitrogen functional groups attached to an aromatic ring is 1. The van der Waals surface area contributed by atoms with Crippen LogP contribution in [0.3, 0.4) is 0 Å². The molecule has 0 radical (unpaired) electrons. The van der Waals surface area contributed by atoms with Gasteiger partial charge in [0.1, 0.15) is 0 Å². The molecule has 0 aliphatic heterocycles. The van der Waals surface area contributed by atoms with Gasteiger partial charge in [0, 0.05) is 4.88 Å². The molecule has 2 N–H and O–H groups in total. The van der Waals surface area contributed by atoms with E-state index in [1.807, 2.05) is 31.4 Å². The summed E-state index contributed by atoms with van der Waals surface area (Å²) in [6.45, 7) is 4.06. The molecule has 0 unspecified atom stereocenters. The fourth-order valence-corrected chi connectivity index (χ4v) is 3.33. The van der Waals surface area contributed by atoms with Crippen molar-refractivity contribution in [3.63, 3.8) is 0 Å². The standard InChI is InChI=1S/C12H11N3OS2/c1-6-7(2)18-10(13)9(6)12-14-11(15-16-12)8-4-3-5-17-8/h3-5H,13H2,1-2H3. The van der Waals surface area contributed by atoms with E-state index in [1.54, 1.807) is 22.7 Å². The summed E-state index contributed by atoms with van der Waals surface area (Å²) in [5.41, 5.74) is 7.97. The lowest BCUT2D eigenvalue weighted by Crippen LogP contribution is -1.86. The molecule has 18 heavy (non-hydrogen) atoms. The predicted octanol–water partition coefficient (Wildman–Crippen LogP) is 3.73. The summed E-state index contributed by atoms with van der Waals surface area (Å²) < 4.78 is 5.32. The number of thiophene rings is 2. The minimum absolute atomic E-state index is 0.498. The van der Waals surface area contributed by atoms with Gasteiger partial charge in [-0.2, -0.15) is 4.98 Å². The molecule has 0 bridgehead atoms. The van der Waals surface area contributed by atoms with Crippen molar-refractivity contribution < 1.29 is 4.52 Å². The van der Waals surface area contributed by atoms with Crippen molar-refractivity contribution in [3.8, 4) is 22.2 Å². The SMILES string of the molecule is Cc1sc(N)c(-c2nc(-c3cccs3)no2)c1C. The maximum Gasteiger partial charge on any atom is 0.261 e. The van der Waals surface area contributed by atoms with Gasteiger partial charge in [-0.15, -0.1) is 22.7 Å². The van der Waals surface area contributed by atoms with Gasteiger partial charge < -0.3 is 10.3 Å². The molecule has 6 heteroatoms. The van der Waals surface area contributed by atoms with Crippen molar-refractivity contribution in [3.05, 3.63) is 28.0 Å². The Labute approximate surface area is 112 Å². The van der Waals surface area contributed by atoms with E-state index >= 15 is 0 Å². The average Bonchev–Trinajstić information content (AvgIpc) is 3.01. The number of rotatable bonds is 2. The Balaban J connectivity index is 2.08. The van der Waals surface area contributed by atoms with Crippen LogP contribution in [0.2, 0.25) is 0 Å². The Kier molecular flexibility index (Phi) is 2.68. The first-order valence-corrected chi connectivity index (χ1v) is 7.10. The van der Waals surface area contributed by atoms with Crippen LogP contribution in [0.4, 0.5) is 5.00 Å². The topological polar surface area (TPSA) is 64.9 Å². The summed E-state index contributed by atoms with van der Waals surface area (Å²) in [5, 5.41) is 6.71. The zero-order valence-corrected chi connectivity index (χ0v) is 11.6. The van der Waals surface area contributed by atoms with Crippen LogP contribution in [0.15, 0.2) is 22.0 Å². The van der Waals surface area contributed by atoms with Crippen molar-refractivity contribution in [2.24, 2.45) is 0 Å². The minimum atomic E-state index is 0.498. The van der Waals surface area contributed by atoms with Gasteiger partial charge in [-0.05, 0) is 30.9 Å². The molecule has 0 saturated carbocycles. The van der Waals surface area contributed by atoms with Gasteiger partial charge in [-0.1, -0.05) is 11.2 Å². The van der Waals surface area contributed by atoms with Gasteiger partial charge in [0.15, 0.2) is 0 Å². The molecule has 0 fully saturated rings. The molecule has 3 rings (SSSR count). The van der Waals surface area contributed by atoms with Crippen LogP contribution >= 0.6 is 22.7 Å². The summed E-state index contributed by atoms with van der Waals surface area (Å²) >= 11 is 3.13. The quantitative estimate of drug-likeness (QED) is 0.775. The number of hydrogen-bond acceptors (Lipinski definition) is 6. The number of hydrogen-bond donors (Lipinski definition) is 1. The molecule has 0 spiro atoms. The normalized spacial score (nSPS) is 11.0. The largest absolute Gasteiger partial charge is 0.390 e. The molecule has 0 aliphatic rings. The summed E-state index contributed by atoms with van der Waals surface area (Å²) in [7, 11) is 0. The number of anilines is 1. The van der Waals surface area contributed by atoms with Gasteiger partial charge in [-0.25, -0.2) is 0 Å². The van der Waals surface area contributed by atoms with Gasteiger partial charge in [-0.3, -0.25) is 0 Å². The lowest BCUT2D eigenvalue weighted by Gasteiger charge is -1.94. The molecule has 3 aromatic heterocycles. The number of aryl methyl sites for hydroxylation is 1. The van der Waals surface area contributed by atoms with Gasteiger partial charge in [0.25, 0.3) is 5.89 Å². The fraction of sp³-hybridized carbons (Fsp3) is 0.167. The highest BCUT2D eigenvalue weighted by Crippen LogP contribution is 2.37. The third kappa shape index (κ3) is 1.74. The molecular weight excluding hydrogens is 266 g/mol. The molecule has 92 valence electrons. The van der Waals surface area contributed by atoms with Gasteiger partial charge >= 0.3 is 0 Å². The van der Waals surface area contributed by atoms with Crippen molar-refractivity contribution in [1.82, 2.24) is 10.1 Å². The lowest BCUT2D eigenvalue weighted by atomic mass is 10.1. The monoisotopic (exact) mass is 277 g/mol. The molecule has 0 aliphatic carbocycles. The zero-order valence-electron chi connectivity index (χ0n) is 9.93. The predicted molar refractivity (Wildman–Crippen MR) is 74.8 cm³/mol. The van der Waals surface area contributed by atoms with E-state index in [2.05, 4.69) is 10.1 Å². The lowest BCUT2D eigenvalue weighted by molar-refractivity contribution is 0.432. The zero-order chi connectivity index (χ0) is 12.7. The summed E-state index contributed by atoms with van der Waals surface area (Å²) in [6, 6.07) is 3.93. The third-order valence-corrected chi connectivity index (χ3v) is 4.70. The Morgan fingerprint density at radius 3 is 2.78 bits per heavy atom. The van der Waals surface area contributed by atoms with E-state index < -0.39 is 0 Å². The maximum atomic E-state index is 6.00. The Morgan fingerprint density at radius 1 is 1.33 bits per heavy atom. The highest BCUT2D eigenvalue weighted by atomic mass is 32.1. The first-order chi connectivity index (χ1) is 8.66. The molecule has 0 amide bonds. The summed E-state index contributed by atoms with van der Waals surface area (Å²) in [5.74, 6) is 1.11. The van der Waals surface area contributed by atoms with Gasteiger partial charge in [0.2, 0.25) is 5.82 Å². The van der Waals surface area contributed by atoms with Crippen LogP contribution in [0, 0.1) is 13.8 Å². The second-order valence-electron chi connectivity index (χ2n) is 3.92. The Bertz CT molecular complexity index is 682. The maximum absolute atomic E-state index is 6.00. The average molecular weight is 277 g/mol. The van der Waals surface area contributed by atoms with E-state index in [-0.39, 0.29) is 0 Å². The molecule has 0 atom stereocenters. The molecule has 0 aromatic carbocycles. The summed E-state index contributed by atoms with van der Waals surface area (Å²) in [6.07, 6.45) is 0. The number of nitrogens with zero attached hydrogens (tertiary/aromatic N) is 2. The van der Waals surface area contributed by atoms with Crippen LogP contribution in [-0.4, -0.2) is 10.1 Å². The van der Waals surface area contributed by atoms with Crippen LogP contribution in [-0.2, 0) is 0 Å². The molecule has 3 aromatic rings. The van der Waals surface area contributed by atoms with E-state index in [4.69, 9.17) is 10.3 Å². The van der Waals surface area contributed by atoms with Crippen LogP contribution in [0.25, 0.3) is 22.2 Å². The van der Waals surface area contributed by atoms with Crippen LogP contribution in [0.1, 0.15) is 10.4 Å². The highest BCUT2D eigenvalue weighted by molar-refractivity contribution is 7.16. The van der Waals surface area contributed by atoms with Crippen molar-refractivity contribution in [2.75, 3.05) is 5.73 Å². The van der Waals surface area contributed by atoms with Crippen molar-refractivity contribution >= 4 is 27.7 Å². The second kappa shape index (κ2) is 4.22. The molecule has 3 heterocycles. The second-order valence-corrected chi connectivity index (χ2v) is 6.13. The van der Waals surface area contributed by atoms with Crippen molar-refractivity contribution in [2.45, 2.75) is 13.8 Å². The van der Waals surface area contributed by atoms with Crippen LogP contribution < -0.4 is 5.73 Å². The number of nitrogens with two attached hydrogens (primary N) is 1. The third-order valence-electron chi connectivity index (χ3n) is 2.79. The van der Waals surface area contributed by atoms with E-state index in [9.17, 15) is 0 Å². The summed E-state index contributed by atoms with van der Waals surface area (Å²) in [4.78, 5) is 6.59. The van der Waals surface area contributed by atoms with E-state index in [0.29, 0.717) is 11.7 Å². The molecule has 4 nitrogen and oxygen atoms in total. The van der Waals surface area contributed by atoms with Gasteiger partial charge in [0.05, 0.1) is 15.4 Å². The minimum Gasteiger partial charge on any atom is -0.390 e. The highest BCUT2D eigenvalue weighted by Gasteiger charge is 2.19. The fourth-order valence-electron chi connectivity index (χ4n) is 1.75. The van der Waals surface area contributed by atoms with E-state index in [0.717, 1.165) is 21.0 Å². The molecule has 0 saturated heterocycles. The Morgan fingerprint density at radius 2 is 2.17 bits per heavy atom. The number of aromatic nitrogens is 2. The first kappa shape index (κ1) is 11.4. The Hall–Kier alpha value is -1.66. The first-order valence-electron chi connectivity index (χ1n) is 5.40. The van der Waals surface area contributed by atoms with E-state index in [1.165, 1.54) is 4.88 Å². The molecular formula is C12H11N3OS2. The van der Waals surface area contributed by atoms with Crippen LogP contribution in [0.5, 0.6) is 0 Å².